The van der Waals surface area contributed by atoms with E-state index in [1.165, 1.54) is 16.7 Å². The van der Waals surface area contributed by atoms with Crippen molar-refractivity contribution in [2.24, 2.45) is 11.3 Å². The summed E-state index contributed by atoms with van der Waals surface area (Å²) in [6.45, 7) is 15.8. The zero-order valence-electron chi connectivity index (χ0n) is 22.1. The molecule has 0 unspecified atom stereocenters. The summed E-state index contributed by atoms with van der Waals surface area (Å²) < 4.78 is 6.04. The fourth-order valence-corrected chi connectivity index (χ4v) is 6.96. The van der Waals surface area contributed by atoms with Gasteiger partial charge < -0.3 is 24.4 Å². The molecule has 0 spiro atoms. The van der Waals surface area contributed by atoms with Crippen molar-refractivity contribution < 1.29 is 14.6 Å². The highest BCUT2D eigenvalue weighted by Crippen LogP contribution is 2.51. The van der Waals surface area contributed by atoms with E-state index in [9.17, 15) is 9.90 Å². The number of rotatable bonds is 5. The van der Waals surface area contributed by atoms with E-state index in [-0.39, 0.29) is 23.6 Å². The lowest BCUT2D eigenvalue weighted by atomic mass is 9.79. The summed E-state index contributed by atoms with van der Waals surface area (Å²) in [5.41, 5.74) is 6.83. The number of piperidine rings is 3. The number of amides is 1. The Morgan fingerprint density at radius 2 is 1.74 bits per heavy atom. The van der Waals surface area contributed by atoms with Crippen molar-refractivity contribution >= 4 is 6.09 Å². The maximum absolute atomic E-state index is 12.6. The molecule has 2 bridgehead atoms. The molecule has 0 saturated carbocycles. The van der Waals surface area contributed by atoms with Crippen molar-refractivity contribution in [3.8, 4) is 16.9 Å². The second kappa shape index (κ2) is 8.85. The highest BCUT2D eigenvalue weighted by Gasteiger charge is 2.48. The third-order valence-corrected chi connectivity index (χ3v) is 8.44. The molecule has 2 aromatic carbocycles. The van der Waals surface area contributed by atoms with Gasteiger partial charge in [-0.25, -0.2) is 0 Å². The van der Waals surface area contributed by atoms with Gasteiger partial charge in [-0.3, -0.25) is 0 Å². The standard InChI is InChI=1S/C30H40N2O3/c1-18(2)35-27-19(3)13-23(14-20(27)4)22-7-8-25-24(15-22)16-30(5,6)28(25)32(29(33)34)26-17-31-11-9-21(26)10-12-31/h7-8,13-15,18,21,26,28H,9-12,16-17H2,1-6H3,(H,33,34)/p-1/t26-,28+/m1/s1. The molecular formula is C30H39N2O3-. The number of fused-ring (bicyclic) bond motifs is 4. The van der Waals surface area contributed by atoms with Crippen LogP contribution in [0.3, 0.4) is 0 Å². The van der Waals surface area contributed by atoms with Crippen LogP contribution < -0.4 is 9.84 Å². The SMILES string of the molecule is Cc1cc(-c2ccc3c(c2)CC(C)(C)[C@H]3N(C(=O)[O-])[C@@H]2CN3CCC2CC3)cc(C)c1OC(C)C. The molecule has 2 atom stereocenters. The van der Waals surface area contributed by atoms with Crippen LogP contribution in [-0.4, -0.2) is 47.7 Å². The molecule has 5 heteroatoms. The number of hydrogen-bond acceptors (Lipinski definition) is 4. The van der Waals surface area contributed by atoms with Crippen LogP contribution in [0.1, 0.15) is 68.8 Å². The van der Waals surface area contributed by atoms with Crippen LogP contribution in [0, 0.1) is 25.2 Å². The molecule has 0 radical (unpaired) electrons. The van der Waals surface area contributed by atoms with Crippen molar-refractivity contribution in [1.82, 2.24) is 9.80 Å². The first-order valence-electron chi connectivity index (χ1n) is 13.2. The smallest absolute Gasteiger partial charge is 0.137 e. The highest BCUT2D eigenvalue weighted by atomic mass is 16.5. The van der Waals surface area contributed by atoms with Crippen LogP contribution in [0.5, 0.6) is 5.75 Å². The predicted molar refractivity (Wildman–Crippen MR) is 138 cm³/mol. The summed E-state index contributed by atoms with van der Waals surface area (Å²) in [7, 11) is 0. The Hall–Kier alpha value is -2.53. The number of hydrogen-bond donors (Lipinski definition) is 0. The normalized spacial score (nSPS) is 26.6. The van der Waals surface area contributed by atoms with Crippen LogP contribution in [0.25, 0.3) is 11.1 Å². The second-order valence-corrected chi connectivity index (χ2v) is 12.0. The Labute approximate surface area is 210 Å². The number of carboxylic acid groups (broad SMARTS) is 1. The first-order chi connectivity index (χ1) is 16.5. The first-order valence-corrected chi connectivity index (χ1v) is 13.2. The Kier molecular flexibility index (Phi) is 6.11. The molecule has 5 nitrogen and oxygen atoms in total. The molecule has 188 valence electrons. The fraction of sp³-hybridized carbons (Fsp3) is 0.567. The van der Waals surface area contributed by atoms with Crippen LogP contribution in [-0.2, 0) is 6.42 Å². The molecule has 3 saturated heterocycles. The van der Waals surface area contributed by atoms with E-state index >= 15 is 0 Å². The lowest BCUT2D eigenvalue weighted by Crippen LogP contribution is -2.62. The minimum absolute atomic E-state index is 0.0243. The lowest BCUT2D eigenvalue weighted by molar-refractivity contribution is -0.276. The van der Waals surface area contributed by atoms with Gasteiger partial charge in [0.2, 0.25) is 0 Å². The van der Waals surface area contributed by atoms with Gasteiger partial charge >= 0.3 is 0 Å². The summed E-state index contributed by atoms with van der Waals surface area (Å²) in [5.74, 6) is 1.41. The van der Waals surface area contributed by atoms with Crippen LogP contribution in [0.15, 0.2) is 30.3 Å². The van der Waals surface area contributed by atoms with Gasteiger partial charge in [-0.2, -0.15) is 0 Å². The number of aryl methyl sites for hydroxylation is 2. The van der Waals surface area contributed by atoms with Gasteiger partial charge in [0.25, 0.3) is 0 Å². The topological polar surface area (TPSA) is 55.8 Å². The minimum Gasteiger partial charge on any atom is -0.530 e. The van der Waals surface area contributed by atoms with E-state index in [4.69, 9.17) is 4.74 Å². The van der Waals surface area contributed by atoms with Crippen molar-refractivity contribution in [2.75, 3.05) is 19.6 Å². The highest BCUT2D eigenvalue weighted by molar-refractivity contribution is 5.70. The summed E-state index contributed by atoms with van der Waals surface area (Å²) in [6, 6.07) is 10.9. The zero-order valence-corrected chi connectivity index (χ0v) is 22.1. The van der Waals surface area contributed by atoms with Gasteiger partial charge in [-0.1, -0.05) is 32.0 Å². The summed E-state index contributed by atoms with van der Waals surface area (Å²) >= 11 is 0. The van der Waals surface area contributed by atoms with Crippen molar-refractivity contribution in [3.05, 3.63) is 52.6 Å². The fourth-order valence-electron chi connectivity index (χ4n) is 6.96. The van der Waals surface area contributed by atoms with Crippen molar-refractivity contribution in [3.63, 3.8) is 0 Å². The maximum atomic E-state index is 12.6. The molecule has 1 aliphatic carbocycles. The molecule has 6 rings (SSSR count). The molecule has 1 amide bonds. The summed E-state index contributed by atoms with van der Waals surface area (Å²) in [6.07, 6.45) is 2.15. The lowest BCUT2D eigenvalue weighted by Gasteiger charge is -2.53. The number of carbonyl (C=O) groups is 1. The van der Waals surface area contributed by atoms with Crippen molar-refractivity contribution in [2.45, 2.75) is 79.0 Å². The minimum atomic E-state index is -1.02. The first kappa shape index (κ1) is 24.2. The molecular weight excluding hydrogens is 436 g/mol. The van der Waals surface area contributed by atoms with Gasteiger partial charge in [0, 0.05) is 12.6 Å². The molecule has 2 aromatic rings. The quantitative estimate of drug-likeness (QED) is 0.602. The van der Waals surface area contributed by atoms with Crippen molar-refractivity contribution in [1.29, 1.82) is 0 Å². The average Bonchev–Trinajstić information content (AvgIpc) is 3.06. The van der Waals surface area contributed by atoms with Gasteiger partial charge in [0.15, 0.2) is 0 Å². The Bertz CT molecular complexity index is 1110. The average molecular weight is 476 g/mol. The molecule has 3 aliphatic heterocycles. The number of benzene rings is 2. The summed E-state index contributed by atoms with van der Waals surface area (Å²) in [5, 5.41) is 12.6. The Balaban J connectivity index is 1.50. The van der Waals surface area contributed by atoms with Gasteiger partial charge in [-0.15, -0.1) is 0 Å². The third kappa shape index (κ3) is 4.33. The van der Waals surface area contributed by atoms with E-state index in [1.54, 1.807) is 4.90 Å². The van der Waals surface area contributed by atoms with Gasteiger partial charge in [-0.05, 0) is 117 Å². The van der Waals surface area contributed by atoms with Gasteiger partial charge in [0.1, 0.15) is 11.8 Å². The molecule has 0 N–H and O–H groups in total. The molecule has 4 aliphatic rings. The van der Waals surface area contributed by atoms with E-state index in [0.717, 1.165) is 61.3 Å². The zero-order chi connectivity index (χ0) is 25.1. The van der Waals surface area contributed by atoms with E-state index < -0.39 is 6.09 Å². The third-order valence-electron chi connectivity index (χ3n) is 8.44. The van der Waals surface area contributed by atoms with Crippen LogP contribution >= 0.6 is 0 Å². The van der Waals surface area contributed by atoms with Crippen LogP contribution in [0.4, 0.5) is 4.79 Å². The number of nitrogens with zero attached hydrogens (tertiary/aromatic N) is 2. The monoisotopic (exact) mass is 475 g/mol. The molecule has 35 heavy (non-hydrogen) atoms. The Morgan fingerprint density at radius 3 is 2.29 bits per heavy atom. The molecule has 0 aromatic heterocycles. The Morgan fingerprint density at radius 1 is 1.09 bits per heavy atom. The molecule has 3 fully saturated rings. The largest absolute Gasteiger partial charge is 0.530 e. The van der Waals surface area contributed by atoms with Crippen LogP contribution in [0.2, 0.25) is 0 Å². The number of ether oxygens (including phenoxy) is 1. The second-order valence-electron chi connectivity index (χ2n) is 12.0. The summed E-state index contributed by atoms with van der Waals surface area (Å²) in [4.78, 5) is 16.8. The van der Waals surface area contributed by atoms with E-state index in [0.29, 0.717) is 5.92 Å². The van der Waals surface area contributed by atoms with E-state index in [1.807, 2.05) is 0 Å². The molecule has 3 heterocycles. The van der Waals surface area contributed by atoms with E-state index in [2.05, 4.69) is 76.8 Å². The number of carbonyl (C=O) groups excluding carboxylic acids is 1. The van der Waals surface area contributed by atoms with Gasteiger partial charge in [0.05, 0.1) is 12.1 Å². The predicted octanol–water partition coefficient (Wildman–Crippen LogP) is 5.12. The maximum Gasteiger partial charge on any atom is 0.137 e.